The minimum Gasteiger partial charge on any atom is -0.357 e. The van der Waals surface area contributed by atoms with Crippen molar-refractivity contribution >= 4 is 41.8 Å². The molecule has 0 aromatic heterocycles. The Morgan fingerprint density at radius 1 is 1.11 bits per heavy atom. The van der Waals surface area contributed by atoms with Gasteiger partial charge in [0.2, 0.25) is 5.91 Å². The maximum Gasteiger partial charge on any atom is 0.251 e. The summed E-state index contributed by atoms with van der Waals surface area (Å²) in [4.78, 5) is 30.7. The Bertz CT molecular complexity index is 660. The van der Waals surface area contributed by atoms with Crippen LogP contribution >= 0.6 is 24.0 Å². The first kappa shape index (κ1) is 24.2. The van der Waals surface area contributed by atoms with Crippen molar-refractivity contribution in [3.63, 3.8) is 0 Å². The van der Waals surface area contributed by atoms with Crippen molar-refractivity contribution in [2.75, 3.05) is 32.7 Å². The Labute approximate surface area is 184 Å². The zero-order valence-electron chi connectivity index (χ0n) is 16.8. The second-order valence-electron chi connectivity index (χ2n) is 6.59. The maximum absolute atomic E-state index is 12.2. The summed E-state index contributed by atoms with van der Waals surface area (Å²) in [5, 5.41) is 9.13. The number of nitrogens with one attached hydrogen (secondary N) is 3. The molecule has 1 fully saturated rings. The quantitative estimate of drug-likeness (QED) is 0.290. The molecule has 156 valence electrons. The van der Waals surface area contributed by atoms with E-state index in [2.05, 4.69) is 20.9 Å². The summed E-state index contributed by atoms with van der Waals surface area (Å²) in [5.41, 5.74) is 1.58. The van der Waals surface area contributed by atoms with Gasteiger partial charge in [0.15, 0.2) is 5.96 Å². The molecule has 1 aromatic carbocycles. The van der Waals surface area contributed by atoms with Gasteiger partial charge in [-0.2, -0.15) is 0 Å². The van der Waals surface area contributed by atoms with E-state index in [-0.39, 0.29) is 42.3 Å². The van der Waals surface area contributed by atoms with Crippen LogP contribution in [0.15, 0.2) is 29.3 Å². The third kappa shape index (κ3) is 8.04. The molecule has 3 N–H and O–H groups in total. The highest BCUT2D eigenvalue weighted by Gasteiger charge is 2.17. The van der Waals surface area contributed by atoms with Crippen LogP contribution in [0.3, 0.4) is 0 Å². The van der Waals surface area contributed by atoms with Gasteiger partial charge in [0.05, 0.1) is 13.1 Å². The first-order valence-corrected chi connectivity index (χ1v) is 9.81. The molecule has 0 spiro atoms. The lowest BCUT2D eigenvalue weighted by atomic mass is 10.1. The van der Waals surface area contributed by atoms with Gasteiger partial charge in [0.25, 0.3) is 5.91 Å². The summed E-state index contributed by atoms with van der Waals surface area (Å²) < 4.78 is 0. The Balaban J connectivity index is 0.00000392. The van der Waals surface area contributed by atoms with E-state index in [0.717, 1.165) is 37.9 Å². The number of likely N-dealkylation sites (tertiary alicyclic amines) is 1. The largest absolute Gasteiger partial charge is 0.357 e. The topological polar surface area (TPSA) is 85.8 Å². The van der Waals surface area contributed by atoms with Gasteiger partial charge in [-0.05, 0) is 43.9 Å². The van der Waals surface area contributed by atoms with Gasteiger partial charge in [-0.1, -0.05) is 19.1 Å². The monoisotopic (exact) mass is 501 g/mol. The molecule has 8 heteroatoms. The molecule has 0 radical (unpaired) electrons. The zero-order valence-corrected chi connectivity index (χ0v) is 19.1. The average Bonchev–Trinajstić information content (AvgIpc) is 3.23. The normalized spacial score (nSPS) is 13.6. The predicted octanol–water partition coefficient (Wildman–Crippen LogP) is 2.12. The molecule has 1 aromatic rings. The van der Waals surface area contributed by atoms with E-state index in [9.17, 15) is 9.59 Å². The molecule has 1 aliphatic rings. The third-order valence-electron chi connectivity index (χ3n) is 4.35. The highest BCUT2D eigenvalue weighted by molar-refractivity contribution is 14.0. The standard InChI is InChI=1S/C20H31N5O2.HI/c1-3-10-22-19(27)17-9-7-8-16(13-17)14-23-20(21-4-2)24-15-18(26)25-11-5-6-12-25;/h7-9,13H,3-6,10-12,14-15H2,1-2H3,(H,22,27)(H2,21,23,24);1H. The molecule has 0 atom stereocenters. The summed E-state index contributed by atoms with van der Waals surface area (Å²) in [6.45, 7) is 7.76. The minimum atomic E-state index is -0.0658. The van der Waals surface area contributed by atoms with Gasteiger partial charge in [-0.15, -0.1) is 24.0 Å². The molecule has 2 amide bonds. The molecule has 0 unspecified atom stereocenters. The van der Waals surface area contributed by atoms with E-state index in [0.29, 0.717) is 31.2 Å². The number of hydrogen-bond donors (Lipinski definition) is 3. The Morgan fingerprint density at radius 2 is 1.86 bits per heavy atom. The zero-order chi connectivity index (χ0) is 19.5. The summed E-state index contributed by atoms with van der Waals surface area (Å²) in [6, 6.07) is 7.46. The fraction of sp³-hybridized carbons (Fsp3) is 0.550. The molecular formula is C20H32IN5O2. The van der Waals surface area contributed by atoms with Crippen LogP contribution in [-0.2, 0) is 11.3 Å². The second-order valence-corrected chi connectivity index (χ2v) is 6.59. The van der Waals surface area contributed by atoms with Gasteiger partial charge in [0, 0.05) is 31.7 Å². The van der Waals surface area contributed by atoms with E-state index in [1.807, 2.05) is 36.9 Å². The van der Waals surface area contributed by atoms with Crippen LogP contribution in [0.25, 0.3) is 0 Å². The molecule has 7 nitrogen and oxygen atoms in total. The van der Waals surface area contributed by atoms with Crippen LogP contribution in [0, 0.1) is 0 Å². The first-order valence-electron chi connectivity index (χ1n) is 9.81. The molecule has 2 rings (SSSR count). The number of carbonyl (C=O) groups is 2. The highest BCUT2D eigenvalue weighted by atomic mass is 127. The number of guanidine groups is 1. The summed E-state index contributed by atoms with van der Waals surface area (Å²) in [5.74, 6) is 0.641. The number of benzene rings is 1. The molecule has 0 saturated carbocycles. The van der Waals surface area contributed by atoms with E-state index in [1.165, 1.54) is 0 Å². The molecule has 0 bridgehead atoms. The van der Waals surface area contributed by atoms with Crippen LogP contribution in [0.5, 0.6) is 0 Å². The lowest BCUT2D eigenvalue weighted by Crippen LogP contribution is -2.44. The lowest BCUT2D eigenvalue weighted by molar-refractivity contribution is -0.128. The van der Waals surface area contributed by atoms with Crippen molar-refractivity contribution in [1.82, 2.24) is 20.9 Å². The predicted molar refractivity (Wildman–Crippen MR) is 123 cm³/mol. The van der Waals surface area contributed by atoms with Crippen molar-refractivity contribution in [3.8, 4) is 0 Å². The molecule has 28 heavy (non-hydrogen) atoms. The van der Waals surface area contributed by atoms with Crippen LogP contribution in [0.1, 0.15) is 49.0 Å². The smallest absolute Gasteiger partial charge is 0.251 e. The molecular weight excluding hydrogens is 469 g/mol. The summed E-state index contributed by atoms with van der Waals surface area (Å²) >= 11 is 0. The van der Waals surface area contributed by atoms with Crippen molar-refractivity contribution in [2.24, 2.45) is 4.99 Å². The number of rotatable bonds is 8. The van der Waals surface area contributed by atoms with E-state index in [4.69, 9.17) is 0 Å². The van der Waals surface area contributed by atoms with Gasteiger partial charge in [-0.25, -0.2) is 4.99 Å². The fourth-order valence-electron chi connectivity index (χ4n) is 2.90. The van der Waals surface area contributed by atoms with Gasteiger partial charge < -0.3 is 20.9 Å². The Hall–Kier alpha value is -1.84. The highest BCUT2D eigenvalue weighted by Crippen LogP contribution is 2.08. The van der Waals surface area contributed by atoms with Gasteiger partial charge in [0.1, 0.15) is 0 Å². The number of amides is 2. The number of nitrogens with zero attached hydrogens (tertiary/aromatic N) is 2. The Kier molecular flexibility index (Phi) is 11.5. The van der Waals surface area contributed by atoms with Crippen LogP contribution in [0.2, 0.25) is 0 Å². The number of halogens is 1. The maximum atomic E-state index is 12.2. The van der Waals surface area contributed by atoms with Gasteiger partial charge >= 0.3 is 0 Å². The number of hydrogen-bond acceptors (Lipinski definition) is 3. The van der Waals surface area contributed by atoms with E-state index >= 15 is 0 Å². The van der Waals surface area contributed by atoms with E-state index in [1.54, 1.807) is 6.07 Å². The Morgan fingerprint density at radius 3 is 2.54 bits per heavy atom. The molecule has 0 aliphatic carbocycles. The number of carbonyl (C=O) groups excluding carboxylic acids is 2. The van der Waals surface area contributed by atoms with Crippen LogP contribution in [0.4, 0.5) is 0 Å². The van der Waals surface area contributed by atoms with Crippen LogP contribution < -0.4 is 16.0 Å². The number of aliphatic imine (C=N–C) groups is 1. The SMILES string of the molecule is CCCNC(=O)c1cccc(CN=C(NCC)NCC(=O)N2CCCC2)c1.I. The minimum absolute atomic E-state index is 0. The molecule has 1 aliphatic heterocycles. The third-order valence-corrected chi connectivity index (χ3v) is 4.35. The van der Waals surface area contributed by atoms with Crippen molar-refractivity contribution in [3.05, 3.63) is 35.4 Å². The average molecular weight is 501 g/mol. The van der Waals surface area contributed by atoms with Crippen LogP contribution in [-0.4, -0.2) is 55.4 Å². The lowest BCUT2D eigenvalue weighted by Gasteiger charge is -2.17. The fourth-order valence-corrected chi connectivity index (χ4v) is 2.90. The van der Waals surface area contributed by atoms with Crippen molar-refractivity contribution in [1.29, 1.82) is 0 Å². The van der Waals surface area contributed by atoms with E-state index < -0.39 is 0 Å². The molecule has 1 saturated heterocycles. The molecule has 1 heterocycles. The van der Waals surface area contributed by atoms with Crippen molar-refractivity contribution < 1.29 is 9.59 Å². The van der Waals surface area contributed by atoms with Crippen molar-refractivity contribution in [2.45, 2.75) is 39.7 Å². The summed E-state index contributed by atoms with van der Waals surface area (Å²) in [6.07, 6.45) is 3.08. The van der Waals surface area contributed by atoms with Gasteiger partial charge in [-0.3, -0.25) is 9.59 Å². The summed E-state index contributed by atoms with van der Waals surface area (Å²) in [7, 11) is 0. The first-order chi connectivity index (χ1) is 13.1. The second kappa shape index (κ2) is 13.4.